The molecule has 0 saturated heterocycles. The molecule has 88 valence electrons. The second kappa shape index (κ2) is 6.25. The van der Waals surface area contributed by atoms with E-state index in [9.17, 15) is 0 Å². The van der Waals surface area contributed by atoms with Gasteiger partial charge in [0.05, 0.1) is 0 Å². The molecule has 2 rings (SSSR count). The Morgan fingerprint density at radius 2 is 1.82 bits per heavy atom. The third kappa shape index (κ3) is 3.75. The Hall–Kier alpha value is -1.55. The molecule has 1 heterocycles. The standard InChI is InChI=1S/C13H15N3S/c14-12-13(16-9-8-15-12)17-10-4-7-11-5-2-1-3-6-11/h1-3,5-6,8-9H,4,7,10H2,(H2,14,15). The molecular formula is C13H15N3S. The zero-order valence-electron chi connectivity index (χ0n) is 9.54. The Morgan fingerprint density at radius 1 is 1.06 bits per heavy atom. The van der Waals surface area contributed by atoms with E-state index in [0.29, 0.717) is 5.82 Å². The van der Waals surface area contributed by atoms with E-state index in [2.05, 4.69) is 34.2 Å². The normalized spacial score (nSPS) is 10.4. The number of benzene rings is 1. The van der Waals surface area contributed by atoms with Crippen molar-refractivity contribution in [1.82, 2.24) is 9.97 Å². The number of nitrogen functional groups attached to an aromatic ring is 1. The number of hydrogen-bond donors (Lipinski definition) is 1. The fourth-order valence-corrected chi connectivity index (χ4v) is 2.36. The minimum Gasteiger partial charge on any atom is -0.381 e. The van der Waals surface area contributed by atoms with Gasteiger partial charge in [-0.3, -0.25) is 0 Å². The van der Waals surface area contributed by atoms with Crippen LogP contribution in [-0.4, -0.2) is 15.7 Å². The summed E-state index contributed by atoms with van der Waals surface area (Å²) in [4.78, 5) is 8.21. The van der Waals surface area contributed by atoms with Crippen molar-refractivity contribution >= 4 is 17.6 Å². The summed E-state index contributed by atoms with van der Waals surface area (Å²) in [6.07, 6.45) is 5.50. The number of aromatic nitrogens is 2. The first-order valence-corrected chi connectivity index (χ1v) is 6.58. The molecule has 4 heteroatoms. The van der Waals surface area contributed by atoms with E-state index in [0.717, 1.165) is 23.6 Å². The fourth-order valence-electron chi connectivity index (χ4n) is 1.54. The van der Waals surface area contributed by atoms with Crippen molar-refractivity contribution < 1.29 is 0 Å². The van der Waals surface area contributed by atoms with Gasteiger partial charge in [-0.05, 0) is 24.2 Å². The highest BCUT2D eigenvalue weighted by Gasteiger charge is 2.01. The summed E-state index contributed by atoms with van der Waals surface area (Å²) in [5.74, 6) is 1.54. The third-order valence-corrected chi connectivity index (χ3v) is 3.46. The van der Waals surface area contributed by atoms with E-state index in [1.807, 2.05) is 6.07 Å². The van der Waals surface area contributed by atoms with Gasteiger partial charge in [-0.2, -0.15) is 0 Å². The van der Waals surface area contributed by atoms with Gasteiger partial charge < -0.3 is 5.73 Å². The monoisotopic (exact) mass is 245 g/mol. The Kier molecular flexibility index (Phi) is 4.38. The van der Waals surface area contributed by atoms with Gasteiger partial charge in [-0.15, -0.1) is 11.8 Å². The second-order valence-corrected chi connectivity index (χ2v) is 4.77. The van der Waals surface area contributed by atoms with Crippen molar-refractivity contribution in [1.29, 1.82) is 0 Å². The molecule has 0 aliphatic rings. The van der Waals surface area contributed by atoms with Crippen LogP contribution in [0.4, 0.5) is 5.82 Å². The molecule has 17 heavy (non-hydrogen) atoms. The SMILES string of the molecule is Nc1nccnc1SCCCc1ccccc1. The van der Waals surface area contributed by atoms with Gasteiger partial charge in [0, 0.05) is 12.4 Å². The molecule has 1 aromatic heterocycles. The minimum absolute atomic E-state index is 0.525. The molecule has 0 aliphatic heterocycles. The lowest BCUT2D eigenvalue weighted by Crippen LogP contribution is -1.95. The van der Waals surface area contributed by atoms with Gasteiger partial charge in [0.15, 0.2) is 5.82 Å². The van der Waals surface area contributed by atoms with Crippen molar-refractivity contribution in [3.8, 4) is 0 Å². The summed E-state index contributed by atoms with van der Waals surface area (Å²) in [5, 5.41) is 0.834. The molecule has 0 radical (unpaired) electrons. The molecule has 1 aromatic carbocycles. The first kappa shape index (κ1) is 11.9. The quantitative estimate of drug-likeness (QED) is 0.650. The van der Waals surface area contributed by atoms with Gasteiger partial charge in [-0.25, -0.2) is 9.97 Å². The van der Waals surface area contributed by atoms with Gasteiger partial charge in [-0.1, -0.05) is 30.3 Å². The predicted molar refractivity (Wildman–Crippen MR) is 71.9 cm³/mol. The third-order valence-electron chi connectivity index (χ3n) is 2.38. The van der Waals surface area contributed by atoms with Crippen LogP contribution < -0.4 is 5.73 Å². The van der Waals surface area contributed by atoms with Crippen molar-refractivity contribution in [2.75, 3.05) is 11.5 Å². The number of aryl methyl sites for hydroxylation is 1. The zero-order chi connectivity index (χ0) is 11.9. The highest BCUT2D eigenvalue weighted by molar-refractivity contribution is 7.99. The molecule has 3 nitrogen and oxygen atoms in total. The molecule has 0 fully saturated rings. The molecule has 2 aromatic rings. The average molecular weight is 245 g/mol. The van der Waals surface area contributed by atoms with Crippen LogP contribution in [0.2, 0.25) is 0 Å². The number of hydrogen-bond acceptors (Lipinski definition) is 4. The molecule has 0 spiro atoms. The maximum Gasteiger partial charge on any atom is 0.156 e. The van der Waals surface area contributed by atoms with E-state index >= 15 is 0 Å². The topological polar surface area (TPSA) is 51.8 Å². The minimum atomic E-state index is 0.525. The molecular weight excluding hydrogens is 230 g/mol. The lowest BCUT2D eigenvalue weighted by molar-refractivity contribution is 0.930. The first-order chi connectivity index (χ1) is 8.36. The first-order valence-electron chi connectivity index (χ1n) is 5.59. The van der Waals surface area contributed by atoms with E-state index in [1.54, 1.807) is 24.2 Å². The zero-order valence-corrected chi connectivity index (χ0v) is 10.4. The lowest BCUT2D eigenvalue weighted by Gasteiger charge is -2.03. The molecule has 2 N–H and O–H groups in total. The molecule has 0 bridgehead atoms. The largest absolute Gasteiger partial charge is 0.381 e. The Morgan fingerprint density at radius 3 is 2.59 bits per heavy atom. The number of rotatable bonds is 5. The summed E-state index contributed by atoms with van der Waals surface area (Å²) < 4.78 is 0. The number of thioether (sulfide) groups is 1. The van der Waals surface area contributed by atoms with Gasteiger partial charge in [0.25, 0.3) is 0 Å². The van der Waals surface area contributed by atoms with Crippen molar-refractivity contribution in [3.63, 3.8) is 0 Å². The van der Waals surface area contributed by atoms with Crippen LogP contribution in [0.1, 0.15) is 12.0 Å². The highest BCUT2D eigenvalue weighted by atomic mass is 32.2. The predicted octanol–water partition coefficient (Wildman–Crippen LogP) is 2.78. The highest BCUT2D eigenvalue weighted by Crippen LogP contribution is 2.20. The summed E-state index contributed by atoms with van der Waals surface area (Å²) in [7, 11) is 0. The van der Waals surface area contributed by atoms with Gasteiger partial charge >= 0.3 is 0 Å². The van der Waals surface area contributed by atoms with Gasteiger partial charge in [0.1, 0.15) is 5.03 Å². The molecule has 0 unspecified atom stereocenters. The van der Waals surface area contributed by atoms with Crippen LogP contribution in [0.3, 0.4) is 0 Å². The summed E-state index contributed by atoms with van der Waals surface area (Å²) in [6.45, 7) is 0. The van der Waals surface area contributed by atoms with Crippen LogP contribution in [0.15, 0.2) is 47.8 Å². The van der Waals surface area contributed by atoms with Crippen LogP contribution in [-0.2, 0) is 6.42 Å². The molecule has 0 aliphatic carbocycles. The van der Waals surface area contributed by atoms with Crippen LogP contribution in [0, 0.1) is 0 Å². The van der Waals surface area contributed by atoms with Crippen LogP contribution in [0.5, 0.6) is 0 Å². The van der Waals surface area contributed by atoms with Crippen LogP contribution >= 0.6 is 11.8 Å². The van der Waals surface area contributed by atoms with Crippen molar-refractivity contribution in [2.24, 2.45) is 0 Å². The summed E-state index contributed by atoms with van der Waals surface area (Å²) >= 11 is 1.67. The van der Waals surface area contributed by atoms with E-state index in [1.165, 1.54) is 5.56 Å². The molecule has 0 amide bonds. The number of nitrogens with two attached hydrogens (primary N) is 1. The fraction of sp³-hybridized carbons (Fsp3) is 0.231. The van der Waals surface area contributed by atoms with Crippen molar-refractivity contribution in [2.45, 2.75) is 17.9 Å². The van der Waals surface area contributed by atoms with Gasteiger partial charge in [0.2, 0.25) is 0 Å². The molecule has 0 atom stereocenters. The molecule has 0 saturated carbocycles. The summed E-state index contributed by atoms with van der Waals surface area (Å²) in [6, 6.07) is 10.5. The lowest BCUT2D eigenvalue weighted by atomic mass is 10.1. The van der Waals surface area contributed by atoms with Crippen molar-refractivity contribution in [3.05, 3.63) is 48.3 Å². The smallest absolute Gasteiger partial charge is 0.156 e. The van der Waals surface area contributed by atoms with E-state index < -0.39 is 0 Å². The Bertz CT molecular complexity index is 459. The maximum atomic E-state index is 5.72. The Balaban J connectivity index is 1.76. The second-order valence-electron chi connectivity index (χ2n) is 3.68. The van der Waals surface area contributed by atoms with Crippen LogP contribution in [0.25, 0.3) is 0 Å². The summed E-state index contributed by atoms with van der Waals surface area (Å²) in [5.41, 5.74) is 7.09. The maximum absolute atomic E-state index is 5.72. The number of nitrogens with zero attached hydrogens (tertiary/aromatic N) is 2. The van der Waals surface area contributed by atoms with E-state index in [4.69, 9.17) is 5.73 Å². The Labute approximate surface area is 105 Å². The average Bonchev–Trinajstić information content (AvgIpc) is 2.38. The number of anilines is 1. The van der Waals surface area contributed by atoms with E-state index in [-0.39, 0.29) is 0 Å².